The van der Waals surface area contributed by atoms with Crippen molar-refractivity contribution in [1.82, 2.24) is 0 Å². The number of fused-ring (bicyclic) bond motifs is 3. The van der Waals surface area contributed by atoms with Gasteiger partial charge in [-0.05, 0) is 37.1 Å². The predicted octanol–water partition coefficient (Wildman–Crippen LogP) is 4.20. The minimum Gasteiger partial charge on any atom is -0.456 e. The number of Topliss-reactive ketones (excluding diaryl/α,β-unsaturated/α-hetero) is 1. The number of rotatable bonds is 2. The lowest BCUT2D eigenvalue weighted by molar-refractivity contribution is 0.0461. The molecule has 1 saturated heterocycles. The Morgan fingerprint density at radius 3 is 2.76 bits per heavy atom. The van der Waals surface area contributed by atoms with Crippen LogP contribution in [0.4, 0.5) is 0 Å². The highest BCUT2D eigenvalue weighted by Crippen LogP contribution is 2.30. The van der Waals surface area contributed by atoms with Crippen molar-refractivity contribution in [3.05, 3.63) is 48.0 Å². The Kier molecular flexibility index (Phi) is 3.00. The largest absolute Gasteiger partial charge is 0.456 e. The summed E-state index contributed by atoms with van der Waals surface area (Å²) in [6, 6.07) is 13.6. The lowest BCUT2D eigenvalue weighted by Gasteiger charge is -2.20. The summed E-state index contributed by atoms with van der Waals surface area (Å²) in [7, 11) is 0. The number of ether oxygens (including phenoxy) is 1. The van der Waals surface area contributed by atoms with Crippen LogP contribution in [0.1, 0.15) is 23.2 Å². The highest BCUT2D eigenvalue weighted by Gasteiger charge is 2.23. The van der Waals surface area contributed by atoms with Crippen LogP contribution in [0.2, 0.25) is 0 Å². The molecule has 2 aromatic carbocycles. The van der Waals surface area contributed by atoms with E-state index in [2.05, 4.69) is 0 Å². The van der Waals surface area contributed by atoms with Crippen LogP contribution in [-0.4, -0.2) is 19.0 Å². The van der Waals surface area contributed by atoms with E-state index in [-0.39, 0.29) is 11.7 Å². The molecule has 0 spiro atoms. The van der Waals surface area contributed by atoms with Crippen LogP contribution < -0.4 is 0 Å². The van der Waals surface area contributed by atoms with Crippen LogP contribution in [0.5, 0.6) is 0 Å². The van der Waals surface area contributed by atoms with E-state index in [0.717, 1.165) is 47.0 Å². The zero-order chi connectivity index (χ0) is 14.2. The molecule has 1 aliphatic heterocycles. The van der Waals surface area contributed by atoms with Crippen molar-refractivity contribution >= 4 is 27.7 Å². The van der Waals surface area contributed by atoms with Crippen molar-refractivity contribution in [2.75, 3.05) is 13.2 Å². The Morgan fingerprint density at radius 1 is 1.05 bits per heavy atom. The summed E-state index contributed by atoms with van der Waals surface area (Å²) < 4.78 is 11.2. The van der Waals surface area contributed by atoms with Gasteiger partial charge in [0.05, 0.1) is 6.61 Å². The number of carbonyl (C=O) groups excluding carboxylic acids is 1. The second-order valence-corrected chi connectivity index (χ2v) is 5.59. The highest BCUT2D eigenvalue weighted by molar-refractivity contribution is 6.08. The number of hydrogen-bond donors (Lipinski definition) is 0. The minimum absolute atomic E-state index is 0.00522. The molecule has 0 radical (unpaired) electrons. The lowest BCUT2D eigenvalue weighted by Crippen LogP contribution is -2.25. The maximum atomic E-state index is 12.6. The molecule has 21 heavy (non-hydrogen) atoms. The van der Waals surface area contributed by atoms with Crippen molar-refractivity contribution in [3.8, 4) is 0 Å². The van der Waals surface area contributed by atoms with Gasteiger partial charge in [-0.2, -0.15) is 0 Å². The molecule has 2 heterocycles. The van der Waals surface area contributed by atoms with E-state index in [9.17, 15) is 4.79 Å². The molecule has 1 unspecified atom stereocenters. The zero-order valence-electron chi connectivity index (χ0n) is 11.7. The molecule has 0 N–H and O–H groups in total. The van der Waals surface area contributed by atoms with Gasteiger partial charge in [0.15, 0.2) is 5.78 Å². The summed E-state index contributed by atoms with van der Waals surface area (Å²) in [5.41, 5.74) is 2.44. The fourth-order valence-electron chi connectivity index (χ4n) is 3.06. The molecule has 0 amide bonds. The van der Waals surface area contributed by atoms with Crippen molar-refractivity contribution < 1.29 is 13.9 Å². The third-order valence-electron chi connectivity index (χ3n) is 4.19. The van der Waals surface area contributed by atoms with Gasteiger partial charge in [-0.15, -0.1) is 0 Å². The van der Waals surface area contributed by atoms with Gasteiger partial charge < -0.3 is 9.15 Å². The second-order valence-electron chi connectivity index (χ2n) is 5.59. The average molecular weight is 280 g/mol. The summed E-state index contributed by atoms with van der Waals surface area (Å²) in [4.78, 5) is 12.6. The fraction of sp³-hybridized carbons (Fsp3) is 0.278. The van der Waals surface area contributed by atoms with Gasteiger partial charge in [-0.3, -0.25) is 4.79 Å². The Morgan fingerprint density at radius 2 is 1.90 bits per heavy atom. The Bertz CT molecular complexity index is 810. The van der Waals surface area contributed by atoms with Crippen LogP contribution in [0.25, 0.3) is 21.9 Å². The first-order valence-electron chi connectivity index (χ1n) is 7.36. The normalized spacial score (nSPS) is 19.1. The minimum atomic E-state index is -0.00522. The number of furan rings is 1. The van der Waals surface area contributed by atoms with E-state index < -0.39 is 0 Å². The Labute approximate surface area is 122 Å². The van der Waals surface area contributed by atoms with E-state index in [1.807, 2.05) is 42.5 Å². The highest BCUT2D eigenvalue weighted by atomic mass is 16.5. The van der Waals surface area contributed by atoms with Crippen LogP contribution in [0.15, 0.2) is 46.9 Å². The molecule has 4 rings (SSSR count). The number of carbonyl (C=O) groups is 1. The number of para-hydroxylation sites is 1. The molecular formula is C18H16O3. The van der Waals surface area contributed by atoms with Gasteiger partial charge in [0.1, 0.15) is 11.2 Å². The summed E-state index contributed by atoms with van der Waals surface area (Å²) in [6.07, 6.45) is 1.89. The van der Waals surface area contributed by atoms with E-state index in [1.165, 1.54) is 0 Å². The molecule has 0 aliphatic carbocycles. The van der Waals surface area contributed by atoms with Crippen molar-refractivity contribution in [3.63, 3.8) is 0 Å². The van der Waals surface area contributed by atoms with Gasteiger partial charge >= 0.3 is 0 Å². The Balaban J connectivity index is 1.78. The maximum absolute atomic E-state index is 12.6. The summed E-state index contributed by atoms with van der Waals surface area (Å²) >= 11 is 0. The molecule has 0 bridgehead atoms. The molecule has 1 atom stereocenters. The molecule has 0 saturated carbocycles. The van der Waals surface area contributed by atoms with Gasteiger partial charge in [0.2, 0.25) is 0 Å². The molecule has 3 aromatic rings. The Hall–Kier alpha value is -2.13. The van der Waals surface area contributed by atoms with Gasteiger partial charge in [0.25, 0.3) is 0 Å². The first-order valence-corrected chi connectivity index (χ1v) is 7.36. The summed E-state index contributed by atoms with van der Waals surface area (Å²) in [5.74, 6) is 0.177. The third-order valence-corrected chi connectivity index (χ3v) is 4.19. The van der Waals surface area contributed by atoms with Crippen LogP contribution in [0, 0.1) is 5.92 Å². The molecule has 3 nitrogen and oxygen atoms in total. The zero-order valence-corrected chi connectivity index (χ0v) is 11.7. The molecule has 1 aromatic heterocycles. The maximum Gasteiger partial charge on any atom is 0.168 e. The van der Waals surface area contributed by atoms with Crippen LogP contribution >= 0.6 is 0 Å². The van der Waals surface area contributed by atoms with E-state index >= 15 is 0 Å². The van der Waals surface area contributed by atoms with Crippen LogP contribution in [-0.2, 0) is 4.74 Å². The molecule has 1 aliphatic rings. The van der Waals surface area contributed by atoms with E-state index in [0.29, 0.717) is 6.61 Å². The standard InChI is InChI=1S/C18H16O3/c19-18(13-4-3-9-20-11-13)12-7-8-17-15(10-12)14-5-1-2-6-16(14)21-17/h1-2,5-8,10,13H,3-4,9,11H2. The molecule has 3 heteroatoms. The summed E-state index contributed by atoms with van der Waals surface area (Å²) in [6.45, 7) is 1.32. The number of hydrogen-bond acceptors (Lipinski definition) is 3. The van der Waals surface area contributed by atoms with Crippen LogP contribution in [0.3, 0.4) is 0 Å². The number of benzene rings is 2. The van der Waals surface area contributed by atoms with Gasteiger partial charge in [0, 0.05) is 28.9 Å². The monoisotopic (exact) mass is 280 g/mol. The second kappa shape index (κ2) is 5.01. The predicted molar refractivity (Wildman–Crippen MR) is 81.6 cm³/mol. The molecular weight excluding hydrogens is 264 g/mol. The SMILES string of the molecule is O=C(c1ccc2oc3ccccc3c2c1)C1CCCOC1. The first kappa shape index (κ1) is 12.6. The van der Waals surface area contributed by atoms with E-state index in [1.54, 1.807) is 0 Å². The van der Waals surface area contributed by atoms with Crippen molar-refractivity contribution in [2.45, 2.75) is 12.8 Å². The first-order chi connectivity index (χ1) is 10.3. The molecule has 106 valence electrons. The fourth-order valence-corrected chi connectivity index (χ4v) is 3.06. The van der Waals surface area contributed by atoms with Gasteiger partial charge in [-0.1, -0.05) is 18.2 Å². The molecule has 1 fully saturated rings. The van der Waals surface area contributed by atoms with E-state index in [4.69, 9.17) is 9.15 Å². The number of ketones is 1. The average Bonchev–Trinajstić information content (AvgIpc) is 2.93. The van der Waals surface area contributed by atoms with Gasteiger partial charge in [-0.25, -0.2) is 0 Å². The summed E-state index contributed by atoms with van der Waals surface area (Å²) in [5, 5.41) is 2.07. The topological polar surface area (TPSA) is 39.4 Å². The quantitative estimate of drug-likeness (QED) is 0.660. The third kappa shape index (κ3) is 2.14. The van der Waals surface area contributed by atoms with Crippen molar-refractivity contribution in [1.29, 1.82) is 0 Å². The smallest absolute Gasteiger partial charge is 0.168 e. The van der Waals surface area contributed by atoms with Crippen molar-refractivity contribution in [2.24, 2.45) is 5.92 Å². The lowest BCUT2D eigenvalue weighted by atomic mass is 9.92.